The SMILES string of the molecule is COc1ccc2c(c1)C(=O)CNS2. The van der Waals surface area contributed by atoms with Gasteiger partial charge in [0.25, 0.3) is 0 Å². The molecule has 0 aliphatic carbocycles. The number of carbonyl (C=O) groups is 1. The molecular formula is C9H9NO2S. The lowest BCUT2D eigenvalue weighted by atomic mass is 10.1. The number of methoxy groups -OCH3 is 1. The number of nitrogens with one attached hydrogen (secondary N) is 1. The minimum atomic E-state index is 0.118. The first-order chi connectivity index (χ1) is 6.31. The highest BCUT2D eigenvalue weighted by atomic mass is 32.2. The van der Waals surface area contributed by atoms with E-state index in [1.165, 1.54) is 11.9 Å². The van der Waals surface area contributed by atoms with E-state index in [0.29, 0.717) is 6.54 Å². The molecule has 1 aromatic rings. The maximum atomic E-state index is 11.4. The molecule has 0 radical (unpaired) electrons. The van der Waals surface area contributed by atoms with Crippen LogP contribution in [0.2, 0.25) is 0 Å². The Morgan fingerprint density at radius 3 is 3.15 bits per heavy atom. The Kier molecular flexibility index (Phi) is 2.24. The zero-order valence-corrected chi connectivity index (χ0v) is 7.98. The number of rotatable bonds is 1. The Bertz CT molecular complexity index is 351. The second-order valence-electron chi connectivity index (χ2n) is 2.71. The van der Waals surface area contributed by atoms with Gasteiger partial charge in [-0.1, -0.05) is 0 Å². The average molecular weight is 195 g/mol. The number of hydrogen-bond donors (Lipinski definition) is 1. The number of Topliss-reactive ketones (excluding diaryl/α,β-unsaturated/α-hetero) is 1. The molecular weight excluding hydrogens is 186 g/mol. The van der Waals surface area contributed by atoms with Gasteiger partial charge in [-0.05, 0) is 30.1 Å². The fraction of sp³-hybridized carbons (Fsp3) is 0.222. The summed E-state index contributed by atoms with van der Waals surface area (Å²) < 4.78 is 8.00. The summed E-state index contributed by atoms with van der Waals surface area (Å²) in [4.78, 5) is 12.4. The minimum Gasteiger partial charge on any atom is -0.497 e. The normalized spacial score (nSPS) is 15.3. The van der Waals surface area contributed by atoms with Crippen LogP contribution in [0.15, 0.2) is 23.1 Å². The predicted octanol–water partition coefficient (Wildman–Crippen LogP) is 1.49. The van der Waals surface area contributed by atoms with Crippen molar-refractivity contribution < 1.29 is 9.53 Å². The molecule has 3 nitrogen and oxygen atoms in total. The van der Waals surface area contributed by atoms with E-state index in [0.717, 1.165) is 16.2 Å². The number of benzene rings is 1. The van der Waals surface area contributed by atoms with Gasteiger partial charge in [-0.3, -0.25) is 9.52 Å². The summed E-state index contributed by atoms with van der Waals surface area (Å²) >= 11 is 1.49. The molecule has 0 saturated carbocycles. The van der Waals surface area contributed by atoms with Crippen molar-refractivity contribution in [3.8, 4) is 5.75 Å². The highest BCUT2D eigenvalue weighted by Crippen LogP contribution is 2.27. The van der Waals surface area contributed by atoms with Gasteiger partial charge in [0.15, 0.2) is 5.78 Å². The van der Waals surface area contributed by atoms with Crippen LogP contribution in [0.4, 0.5) is 0 Å². The Morgan fingerprint density at radius 2 is 2.38 bits per heavy atom. The Morgan fingerprint density at radius 1 is 1.54 bits per heavy atom. The first-order valence-electron chi connectivity index (χ1n) is 3.92. The molecule has 1 aromatic carbocycles. The lowest BCUT2D eigenvalue weighted by Gasteiger charge is -2.15. The van der Waals surface area contributed by atoms with E-state index in [-0.39, 0.29) is 5.78 Å². The fourth-order valence-electron chi connectivity index (χ4n) is 1.22. The van der Waals surface area contributed by atoms with E-state index >= 15 is 0 Å². The molecule has 4 heteroatoms. The van der Waals surface area contributed by atoms with E-state index in [4.69, 9.17) is 4.74 Å². The van der Waals surface area contributed by atoms with Gasteiger partial charge < -0.3 is 4.74 Å². The van der Waals surface area contributed by atoms with Crippen LogP contribution in [0.1, 0.15) is 10.4 Å². The zero-order chi connectivity index (χ0) is 9.26. The van der Waals surface area contributed by atoms with Crippen molar-refractivity contribution in [2.75, 3.05) is 13.7 Å². The third-order valence-electron chi connectivity index (χ3n) is 1.90. The molecule has 0 atom stereocenters. The van der Waals surface area contributed by atoms with Crippen molar-refractivity contribution in [3.05, 3.63) is 23.8 Å². The van der Waals surface area contributed by atoms with Gasteiger partial charge in [-0.25, -0.2) is 0 Å². The number of ketones is 1. The van der Waals surface area contributed by atoms with E-state index < -0.39 is 0 Å². The summed E-state index contributed by atoms with van der Waals surface area (Å²) in [6, 6.07) is 5.53. The quantitative estimate of drug-likeness (QED) is 0.689. The first-order valence-corrected chi connectivity index (χ1v) is 4.74. The molecule has 0 amide bonds. The summed E-state index contributed by atoms with van der Waals surface area (Å²) in [6.07, 6.45) is 0. The summed E-state index contributed by atoms with van der Waals surface area (Å²) in [5.41, 5.74) is 0.753. The molecule has 0 bridgehead atoms. The second-order valence-corrected chi connectivity index (χ2v) is 3.64. The first kappa shape index (κ1) is 8.59. The smallest absolute Gasteiger partial charge is 0.178 e. The van der Waals surface area contributed by atoms with Gasteiger partial charge in [-0.15, -0.1) is 0 Å². The van der Waals surface area contributed by atoms with Crippen LogP contribution >= 0.6 is 11.9 Å². The highest BCUT2D eigenvalue weighted by Gasteiger charge is 2.17. The van der Waals surface area contributed by atoms with Crippen LogP contribution < -0.4 is 9.46 Å². The van der Waals surface area contributed by atoms with Crippen LogP contribution in [0.5, 0.6) is 5.75 Å². The van der Waals surface area contributed by atoms with E-state index in [2.05, 4.69) is 4.72 Å². The van der Waals surface area contributed by atoms with Gasteiger partial charge >= 0.3 is 0 Å². The van der Waals surface area contributed by atoms with Crippen molar-refractivity contribution in [3.63, 3.8) is 0 Å². The van der Waals surface area contributed by atoms with Crippen molar-refractivity contribution in [1.29, 1.82) is 0 Å². The lowest BCUT2D eigenvalue weighted by molar-refractivity contribution is 0.0992. The Labute approximate surface area is 80.6 Å². The summed E-state index contributed by atoms with van der Waals surface area (Å²) in [7, 11) is 1.60. The van der Waals surface area contributed by atoms with Crippen LogP contribution in [0.25, 0.3) is 0 Å². The van der Waals surface area contributed by atoms with Crippen molar-refractivity contribution >= 4 is 17.7 Å². The molecule has 13 heavy (non-hydrogen) atoms. The summed E-state index contributed by atoms with van der Waals surface area (Å²) in [5, 5.41) is 0. The maximum absolute atomic E-state index is 11.4. The molecule has 1 aliphatic heterocycles. The monoisotopic (exact) mass is 195 g/mol. The Hall–Kier alpha value is -1.00. The van der Waals surface area contributed by atoms with Gasteiger partial charge in [0.1, 0.15) is 5.75 Å². The zero-order valence-electron chi connectivity index (χ0n) is 7.16. The molecule has 2 rings (SSSR count). The number of hydrogen-bond acceptors (Lipinski definition) is 4. The highest BCUT2D eigenvalue weighted by molar-refractivity contribution is 7.97. The fourth-order valence-corrected chi connectivity index (χ4v) is 2.00. The van der Waals surface area contributed by atoms with Gasteiger partial charge in [0, 0.05) is 10.5 Å². The van der Waals surface area contributed by atoms with Crippen LogP contribution in [-0.2, 0) is 0 Å². The van der Waals surface area contributed by atoms with Crippen molar-refractivity contribution in [2.24, 2.45) is 0 Å². The van der Waals surface area contributed by atoms with Gasteiger partial charge in [0.05, 0.1) is 13.7 Å². The molecule has 68 valence electrons. The van der Waals surface area contributed by atoms with Crippen molar-refractivity contribution in [2.45, 2.75) is 4.90 Å². The predicted molar refractivity (Wildman–Crippen MR) is 51.2 cm³/mol. The summed E-state index contributed by atoms with van der Waals surface area (Å²) in [5.74, 6) is 0.849. The van der Waals surface area contributed by atoms with Crippen LogP contribution in [-0.4, -0.2) is 19.4 Å². The van der Waals surface area contributed by atoms with E-state index in [1.54, 1.807) is 13.2 Å². The molecule has 0 unspecified atom stereocenters. The molecule has 0 aromatic heterocycles. The number of fused-ring (bicyclic) bond motifs is 1. The average Bonchev–Trinajstić information content (AvgIpc) is 2.18. The molecule has 0 saturated heterocycles. The number of carbonyl (C=O) groups excluding carboxylic acids is 1. The minimum absolute atomic E-state index is 0.118. The van der Waals surface area contributed by atoms with Gasteiger partial charge in [0.2, 0.25) is 0 Å². The number of ether oxygens (including phenoxy) is 1. The van der Waals surface area contributed by atoms with Crippen LogP contribution in [0, 0.1) is 0 Å². The molecule has 0 fully saturated rings. The lowest BCUT2D eigenvalue weighted by Crippen LogP contribution is -2.22. The molecule has 1 N–H and O–H groups in total. The standard InChI is InChI=1S/C9H9NO2S/c1-12-6-2-3-9-7(4-6)8(11)5-10-13-9/h2-4,10H,5H2,1H3. The van der Waals surface area contributed by atoms with Crippen LogP contribution in [0.3, 0.4) is 0 Å². The third-order valence-corrected chi connectivity index (χ3v) is 2.77. The second kappa shape index (κ2) is 3.40. The molecule has 1 aliphatic rings. The largest absolute Gasteiger partial charge is 0.497 e. The topological polar surface area (TPSA) is 38.3 Å². The van der Waals surface area contributed by atoms with E-state index in [9.17, 15) is 4.79 Å². The molecule has 0 spiro atoms. The molecule has 1 heterocycles. The summed E-state index contributed by atoms with van der Waals surface area (Å²) in [6.45, 7) is 0.394. The maximum Gasteiger partial charge on any atom is 0.178 e. The third kappa shape index (κ3) is 1.55. The van der Waals surface area contributed by atoms with Gasteiger partial charge in [-0.2, -0.15) is 0 Å². The Balaban J connectivity index is 2.47. The van der Waals surface area contributed by atoms with Crippen molar-refractivity contribution in [1.82, 2.24) is 4.72 Å². The van der Waals surface area contributed by atoms with E-state index in [1.807, 2.05) is 12.1 Å².